The van der Waals surface area contributed by atoms with E-state index in [1.807, 2.05) is 12.1 Å². The fourth-order valence-corrected chi connectivity index (χ4v) is 2.21. The van der Waals surface area contributed by atoms with E-state index in [-0.39, 0.29) is 5.02 Å². The van der Waals surface area contributed by atoms with Crippen molar-refractivity contribution in [1.29, 1.82) is 0 Å². The molecule has 0 aliphatic rings. The second-order valence-electron chi connectivity index (χ2n) is 4.53. The minimum Gasteiger partial charge on any atom is -0.399 e. The molecule has 0 saturated heterocycles. The van der Waals surface area contributed by atoms with Crippen molar-refractivity contribution in [2.75, 3.05) is 5.73 Å². The highest BCUT2D eigenvalue weighted by Gasteiger charge is 2.10. The molecular formula is C14H11ClFN5. The highest BCUT2D eigenvalue weighted by molar-refractivity contribution is 6.30. The molecule has 106 valence electrons. The van der Waals surface area contributed by atoms with Crippen LogP contribution in [0.5, 0.6) is 0 Å². The molecule has 1 aromatic heterocycles. The summed E-state index contributed by atoms with van der Waals surface area (Å²) in [5.74, 6) is 0.135. The molecule has 0 saturated carbocycles. The van der Waals surface area contributed by atoms with Gasteiger partial charge in [0.1, 0.15) is 5.82 Å². The summed E-state index contributed by atoms with van der Waals surface area (Å²) in [6, 6.07) is 11.8. The third-order valence-corrected chi connectivity index (χ3v) is 3.28. The van der Waals surface area contributed by atoms with E-state index in [0.29, 0.717) is 18.1 Å². The van der Waals surface area contributed by atoms with Crippen molar-refractivity contribution in [3.8, 4) is 11.4 Å². The molecule has 0 spiro atoms. The van der Waals surface area contributed by atoms with Gasteiger partial charge in [0.2, 0.25) is 0 Å². The Hall–Kier alpha value is -2.47. The smallest absolute Gasteiger partial charge is 0.182 e. The number of anilines is 1. The lowest BCUT2D eigenvalue weighted by molar-refractivity contribution is 0.622. The monoisotopic (exact) mass is 303 g/mol. The summed E-state index contributed by atoms with van der Waals surface area (Å²) in [5, 5.41) is 11.7. The van der Waals surface area contributed by atoms with E-state index in [2.05, 4.69) is 15.5 Å². The zero-order valence-electron chi connectivity index (χ0n) is 10.9. The fraction of sp³-hybridized carbons (Fsp3) is 0.0714. The number of hydrogen-bond donors (Lipinski definition) is 1. The van der Waals surface area contributed by atoms with E-state index in [4.69, 9.17) is 17.3 Å². The highest BCUT2D eigenvalue weighted by atomic mass is 35.5. The number of benzene rings is 2. The second-order valence-corrected chi connectivity index (χ2v) is 4.94. The van der Waals surface area contributed by atoms with E-state index in [0.717, 1.165) is 11.1 Å². The third-order valence-electron chi connectivity index (χ3n) is 2.99. The summed E-state index contributed by atoms with van der Waals surface area (Å²) >= 11 is 5.78. The normalized spacial score (nSPS) is 10.8. The molecule has 2 aromatic carbocycles. The van der Waals surface area contributed by atoms with Gasteiger partial charge in [0.25, 0.3) is 0 Å². The SMILES string of the molecule is Nc1cccc(-c2nnnn2Cc2ccc(F)c(Cl)c2)c1. The number of halogens is 2. The standard InChI is InChI=1S/C14H11ClFN5/c15-12-6-9(4-5-13(12)16)8-21-14(18-19-20-21)10-2-1-3-11(17)7-10/h1-7H,8,17H2. The minimum absolute atomic E-state index is 0.0751. The van der Waals surface area contributed by atoms with E-state index in [9.17, 15) is 4.39 Å². The van der Waals surface area contributed by atoms with Gasteiger partial charge in [-0.1, -0.05) is 29.8 Å². The van der Waals surface area contributed by atoms with E-state index in [1.54, 1.807) is 28.9 Å². The van der Waals surface area contributed by atoms with Gasteiger partial charge in [-0.3, -0.25) is 0 Å². The Morgan fingerprint density at radius 1 is 1.19 bits per heavy atom. The van der Waals surface area contributed by atoms with Crippen LogP contribution in [0.1, 0.15) is 5.56 Å². The van der Waals surface area contributed by atoms with Crippen molar-refractivity contribution in [2.45, 2.75) is 6.54 Å². The van der Waals surface area contributed by atoms with Crippen LogP contribution in [0.25, 0.3) is 11.4 Å². The van der Waals surface area contributed by atoms with Crippen LogP contribution in [-0.4, -0.2) is 20.2 Å². The average molecular weight is 304 g/mol. The number of aromatic nitrogens is 4. The van der Waals surface area contributed by atoms with Crippen LogP contribution >= 0.6 is 11.6 Å². The van der Waals surface area contributed by atoms with Gasteiger partial charge in [-0.2, -0.15) is 0 Å². The van der Waals surface area contributed by atoms with Crippen LogP contribution in [0, 0.1) is 5.82 Å². The first-order valence-corrected chi connectivity index (χ1v) is 6.57. The first kappa shape index (κ1) is 13.5. The fourth-order valence-electron chi connectivity index (χ4n) is 2.01. The lowest BCUT2D eigenvalue weighted by atomic mass is 10.2. The molecule has 0 radical (unpaired) electrons. The van der Waals surface area contributed by atoms with Gasteiger partial charge in [0.15, 0.2) is 5.82 Å². The quantitative estimate of drug-likeness (QED) is 0.755. The number of tetrazole rings is 1. The molecule has 0 amide bonds. The Labute approximate surface area is 125 Å². The Kier molecular flexibility index (Phi) is 3.53. The highest BCUT2D eigenvalue weighted by Crippen LogP contribution is 2.21. The predicted molar refractivity (Wildman–Crippen MR) is 78.2 cm³/mol. The molecule has 3 rings (SSSR count). The summed E-state index contributed by atoms with van der Waals surface area (Å²) < 4.78 is 14.8. The van der Waals surface area contributed by atoms with Gasteiger partial charge in [-0.15, -0.1) is 5.10 Å². The molecule has 0 aliphatic carbocycles. The second kappa shape index (κ2) is 5.49. The van der Waals surface area contributed by atoms with Crippen LogP contribution in [0.3, 0.4) is 0 Å². The maximum atomic E-state index is 13.2. The Bertz CT molecular complexity index is 787. The van der Waals surface area contributed by atoms with Gasteiger partial charge in [0, 0.05) is 11.3 Å². The van der Waals surface area contributed by atoms with Crippen molar-refractivity contribution in [3.05, 3.63) is 58.9 Å². The van der Waals surface area contributed by atoms with E-state index < -0.39 is 5.82 Å². The zero-order chi connectivity index (χ0) is 14.8. The molecule has 21 heavy (non-hydrogen) atoms. The van der Waals surface area contributed by atoms with Crippen LogP contribution in [0.4, 0.5) is 10.1 Å². The molecule has 0 aliphatic heterocycles. The molecule has 0 fully saturated rings. The Balaban J connectivity index is 1.94. The largest absolute Gasteiger partial charge is 0.399 e. The lowest BCUT2D eigenvalue weighted by Gasteiger charge is -2.06. The number of nitrogen functional groups attached to an aromatic ring is 1. The van der Waals surface area contributed by atoms with Gasteiger partial charge in [0.05, 0.1) is 11.6 Å². The number of hydrogen-bond acceptors (Lipinski definition) is 4. The van der Waals surface area contributed by atoms with E-state index >= 15 is 0 Å². The predicted octanol–water partition coefficient (Wildman–Crippen LogP) is 2.76. The molecule has 0 atom stereocenters. The molecule has 3 aromatic rings. The lowest BCUT2D eigenvalue weighted by Crippen LogP contribution is -2.05. The van der Waals surface area contributed by atoms with Crippen molar-refractivity contribution in [1.82, 2.24) is 20.2 Å². The summed E-state index contributed by atoms with van der Waals surface area (Å²) in [6.45, 7) is 0.386. The number of nitrogens with two attached hydrogens (primary N) is 1. The Morgan fingerprint density at radius 3 is 2.81 bits per heavy atom. The molecular weight excluding hydrogens is 293 g/mol. The minimum atomic E-state index is -0.451. The maximum Gasteiger partial charge on any atom is 0.182 e. The zero-order valence-corrected chi connectivity index (χ0v) is 11.6. The average Bonchev–Trinajstić information content (AvgIpc) is 2.91. The van der Waals surface area contributed by atoms with Crippen molar-refractivity contribution >= 4 is 17.3 Å². The van der Waals surface area contributed by atoms with Crippen molar-refractivity contribution in [3.63, 3.8) is 0 Å². The first-order valence-electron chi connectivity index (χ1n) is 6.19. The number of rotatable bonds is 3. The Morgan fingerprint density at radius 2 is 2.05 bits per heavy atom. The molecule has 5 nitrogen and oxygen atoms in total. The van der Waals surface area contributed by atoms with Gasteiger partial charge in [-0.05, 0) is 40.3 Å². The topological polar surface area (TPSA) is 69.6 Å². The summed E-state index contributed by atoms with van der Waals surface area (Å²) in [4.78, 5) is 0. The van der Waals surface area contributed by atoms with Crippen molar-refractivity contribution < 1.29 is 4.39 Å². The molecule has 1 heterocycles. The van der Waals surface area contributed by atoms with Gasteiger partial charge < -0.3 is 5.73 Å². The summed E-state index contributed by atoms with van der Waals surface area (Å²) in [7, 11) is 0. The molecule has 0 unspecified atom stereocenters. The van der Waals surface area contributed by atoms with Gasteiger partial charge >= 0.3 is 0 Å². The van der Waals surface area contributed by atoms with Crippen LogP contribution < -0.4 is 5.73 Å². The first-order chi connectivity index (χ1) is 10.1. The van der Waals surface area contributed by atoms with Gasteiger partial charge in [-0.25, -0.2) is 9.07 Å². The summed E-state index contributed by atoms with van der Waals surface area (Å²) in [5.41, 5.74) is 8.02. The molecule has 0 bridgehead atoms. The van der Waals surface area contributed by atoms with Crippen LogP contribution in [-0.2, 0) is 6.54 Å². The van der Waals surface area contributed by atoms with Crippen LogP contribution in [0.15, 0.2) is 42.5 Å². The van der Waals surface area contributed by atoms with Crippen molar-refractivity contribution in [2.24, 2.45) is 0 Å². The molecule has 7 heteroatoms. The maximum absolute atomic E-state index is 13.2. The van der Waals surface area contributed by atoms with Crippen LogP contribution in [0.2, 0.25) is 5.02 Å². The third kappa shape index (κ3) is 2.85. The summed E-state index contributed by atoms with van der Waals surface area (Å²) in [6.07, 6.45) is 0. The number of nitrogens with zero attached hydrogens (tertiary/aromatic N) is 4. The van der Waals surface area contributed by atoms with E-state index in [1.165, 1.54) is 6.07 Å². The molecule has 2 N–H and O–H groups in total.